The van der Waals surface area contributed by atoms with E-state index < -0.39 is 21.4 Å². The van der Waals surface area contributed by atoms with Crippen LogP contribution in [-0.4, -0.2) is 36.3 Å². The van der Waals surface area contributed by atoms with Crippen LogP contribution in [0.1, 0.15) is 6.42 Å². The van der Waals surface area contributed by atoms with E-state index in [-0.39, 0.29) is 18.1 Å². The van der Waals surface area contributed by atoms with Gasteiger partial charge in [-0.2, -0.15) is 8.42 Å². The van der Waals surface area contributed by atoms with Crippen molar-refractivity contribution in [3.8, 4) is 10.8 Å². The molecule has 7 nitrogen and oxygen atoms in total. The smallest absolute Gasteiger partial charge is 0.307 e. The Morgan fingerprint density at radius 2 is 2.25 bits per heavy atom. The maximum absolute atomic E-state index is 12.9. The van der Waals surface area contributed by atoms with Crippen LogP contribution in [0.4, 0.5) is 9.02 Å². The Bertz CT molecular complexity index is 740. The molecule has 0 saturated carbocycles. The quantitative estimate of drug-likeness (QED) is 0.790. The molecule has 2 aromatic heterocycles. The second-order valence-electron chi connectivity index (χ2n) is 4.17. The lowest BCUT2D eigenvalue weighted by Gasteiger charge is -2.10. The molecule has 20 heavy (non-hydrogen) atoms. The highest BCUT2D eigenvalue weighted by Crippen LogP contribution is 2.32. The summed E-state index contributed by atoms with van der Waals surface area (Å²) in [5.74, 6) is 0.00780. The lowest BCUT2D eigenvalue weighted by molar-refractivity contribution is -0.117. The summed E-state index contributed by atoms with van der Waals surface area (Å²) in [7, 11) is -4.74. The molecule has 3 heterocycles. The fraction of sp³-hybridized carbons (Fsp3) is 0.300. The first-order valence-corrected chi connectivity index (χ1v) is 7.82. The van der Waals surface area contributed by atoms with Gasteiger partial charge in [-0.25, -0.2) is 0 Å². The monoisotopic (exact) mass is 317 g/mol. The molecule has 1 aliphatic heterocycles. The minimum Gasteiger partial charge on any atom is -0.462 e. The van der Waals surface area contributed by atoms with E-state index in [0.29, 0.717) is 10.8 Å². The highest BCUT2D eigenvalue weighted by molar-refractivity contribution is 7.87. The van der Waals surface area contributed by atoms with E-state index in [9.17, 15) is 17.1 Å². The van der Waals surface area contributed by atoms with Gasteiger partial charge in [-0.05, 0) is 12.1 Å². The molecule has 0 N–H and O–H groups in total. The molecule has 1 fully saturated rings. The van der Waals surface area contributed by atoms with Crippen molar-refractivity contribution in [1.82, 2.24) is 10.2 Å². The number of nitrogens with zero attached hydrogens (tertiary/aromatic N) is 3. The molecule has 2 aromatic rings. The highest BCUT2D eigenvalue weighted by atomic mass is 32.3. The maximum Gasteiger partial charge on any atom is 0.307 e. The van der Waals surface area contributed by atoms with E-state index >= 15 is 0 Å². The van der Waals surface area contributed by atoms with E-state index in [1.54, 1.807) is 12.1 Å². The Morgan fingerprint density at radius 3 is 2.85 bits per heavy atom. The summed E-state index contributed by atoms with van der Waals surface area (Å²) in [6.45, 7) is -0.246. The van der Waals surface area contributed by atoms with E-state index in [0.717, 1.165) is 16.2 Å². The fourth-order valence-corrected chi connectivity index (χ4v) is 3.38. The zero-order valence-corrected chi connectivity index (χ0v) is 11.5. The van der Waals surface area contributed by atoms with Gasteiger partial charge in [0, 0.05) is 13.0 Å². The summed E-state index contributed by atoms with van der Waals surface area (Å²) >= 11 is 1.08. The Balaban J connectivity index is 1.86. The summed E-state index contributed by atoms with van der Waals surface area (Å²) in [5.41, 5.74) is 0. The first-order valence-electron chi connectivity index (χ1n) is 5.56. The van der Waals surface area contributed by atoms with Crippen LogP contribution in [0.15, 0.2) is 22.8 Å². The summed E-state index contributed by atoms with van der Waals surface area (Å²) in [5, 5.41) is 7.03. The molecule has 106 valence electrons. The lowest BCUT2D eigenvalue weighted by Crippen LogP contribution is -2.26. The van der Waals surface area contributed by atoms with Crippen LogP contribution in [-0.2, 0) is 15.0 Å². The van der Waals surface area contributed by atoms with Gasteiger partial charge in [0.05, 0.1) is 6.26 Å². The number of hydrogen-bond acceptors (Lipinski definition) is 7. The summed E-state index contributed by atoms with van der Waals surface area (Å²) in [4.78, 5) is 12.9. The number of amides is 1. The molecule has 1 amide bonds. The van der Waals surface area contributed by atoms with Gasteiger partial charge in [0.25, 0.3) is 0 Å². The van der Waals surface area contributed by atoms with Gasteiger partial charge in [0.15, 0.2) is 10.8 Å². The van der Waals surface area contributed by atoms with E-state index in [1.807, 2.05) is 0 Å². The van der Waals surface area contributed by atoms with Crippen LogP contribution in [0.5, 0.6) is 0 Å². The van der Waals surface area contributed by atoms with Crippen LogP contribution in [0.3, 0.4) is 0 Å². The number of furan rings is 1. The van der Waals surface area contributed by atoms with E-state index in [4.69, 9.17) is 4.42 Å². The molecular formula is C10H8FN3O4S2. The predicted molar refractivity (Wildman–Crippen MR) is 68.4 cm³/mol. The second kappa shape index (κ2) is 4.63. The average molecular weight is 317 g/mol. The molecule has 3 rings (SSSR count). The van der Waals surface area contributed by atoms with E-state index in [1.165, 1.54) is 6.26 Å². The molecule has 1 unspecified atom stereocenters. The molecular weight excluding hydrogens is 309 g/mol. The average Bonchev–Trinajstić information content (AvgIpc) is 3.06. The van der Waals surface area contributed by atoms with Gasteiger partial charge in [-0.1, -0.05) is 11.3 Å². The van der Waals surface area contributed by atoms with Crippen molar-refractivity contribution in [3.05, 3.63) is 18.4 Å². The van der Waals surface area contributed by atoms with Crippen molar-refractivity contribution in [2.24, 2.45) is 0 Å². The van der Waals surface area contributed by atoms with E-state index in [2.05, 4.69) is 10.2 Å². The molecule has 0 bridgehead atoms. The molecule has 0 aliphatic carbocycles. The zero-order chi connectivity index (χ0) is 14.3. The first-order chi connectivity index (χ1) is 9.45. The van der Waals surface area contributed by atoms with Crippen molar-refractivity contribution in [3.63, 3.8) is 0 Å². The third-order valence-corrected chi connectivity index (χ3v) is 4.94. The van der Waals surface area contributed by atoms with Gasteiger partial charge in [-0.15, -0.1) is 14.1 Å². The minimum absolute atomic E-state index is 0.229. The topological polar surface area (TPSA) is 93.4 Å². The SMILES string of the molecule is O=C1CC(S(=O)(=O)F)CN1c1nnc(-c2ccco2)s1. The summed E-state index contributed by atoms with van der Waals surface area (Å²) < 4.78 is 39.8. The molecule has 1 saturated heterocycles. The van der Waals surface area contributed by atoms with Gasteiger partial charge < -0.3 is 4.42 Å². The normalized spacial score (nSPS) is 19.8. The third kappa shape index (κ3) is 2.31. The van der Waals surface area contributed by atoms with Crippen LogP contribution < -0.4 is 4.90 Å². The van der Waals surface area contributed by atoms with Crippen molar-refractivity contribution < 1.29 is 21.5 Å². The summed E-state index contributed by atoms with van der Waals surface area (Å²) in [6.07, 6.45) is 1.09. The van der Waals surface area contributed by atoms with Crippen molar-refractivity contribution in [1.29, 1.82) is 0 Å². The first kappa shape index (κ1) is 13.2. The van der Waals surface area contributed by atoms with Crippen molar-refractivity contribution >= 4 is 32.6 Å². The Kier molecular flexibility index (Phi) is 3.05. The number of anilines is 1. The predicted octanol–water partition coefficient (Wildman–Crippen LogP) is 1.20. The molecule has 0 aromatic carbocycles. The van der Waals surface area contributed by atoms with Gasteiger partial charge in [-0.3, -0.25) is 9.69 Å². The Labute approximate surface area is 117 Å². The van der Waals surface area contributed by atoms with Gasteiger partial charge >= 0.3 is 10.2 Å². The minimum atomic E-state index is -4.74. The number of halogens is 1. The van der Waals surface area contributed by atoms with Crippen LogP contribution >= 0.6 is 11.3 Å². The fourth-order valence-electron chi connectivity index (χ4n) is 1.87. The van der Waals surface area contributed by atoms with Crippen molar-refractivity contribution in [2.45, 2.75) is 11.7 Å². The van der Waals surface area contributed by atoms with Gasteiger partial charge in [0.2, 0.25) is 11.0 Å². The van der Waals surface area contributed by atoms with Crippen LogP contribution in [0.25, 0.3) is 10.8 Å². The van der Waals surface area contributed by atoms with Gasteiger partial charge in [0.1, 0.15) is 5.25 Å². The Hall–Kier alpha value is -1.81. The molecule has 0 radical (unpaired) electrons. The number of aromatic nitrogens is 2. The second-order valence-corrected chi connectivity index (χ2v) is 6.75. The molecule has 1 atom stereocenters. The largest absolute Gasteiger partial charge is 0.462 e. The van der Waals surface area contributed by atoms with Crippen LogP contribution in [0.2, 0.25) is 0 Å². The zero-order valence-electron chi connectivity index (χ0n) is 9.89. The van der Waals surface area contributed by atoms with Crippen LogP contribution in [0, 0.1) is 0 Å². The lowest BCUT2D eigenvalue weighted by atomic mass is 10.4. The standard InChI is InChI=1S/C10H8FN3O4S2/c11-20(16,17)6-4-8(15)14(5-6)10-13-12-9(19-10)7-2-1-3-18-7/h1-3,6H,4-5H2. The number of rotatable bonds is 3. The summed E-state index contributed by atoms with van der Waals surface area (Å²) in [6, 6.07) is 3.37. The van der Waals surface area contributed by atoms with Crippen molar-refractivity contribution in [2.75, 3.05) is 11.4 Å². The molecule has 0 spiro atoms. The third-order valence-electron chi connectivity index (χ3n) is 2.86. The number of hydrogen-bond donors (Lipinski definition) is 0. The molecule has 10 heteroatoms. The number of carbonyl (C=O) groups is 1. The Morgan fingerprint density at radius 1 is 1.45 bits per heavy atom. The highest BCUT2D eigenvalue weighted by Gasteiger charge is 2.40. The number of carbonyl (C=O) groups excluding carboxylic acids is 1. The maximum atomic E-state index is 12.9. The molecule has 1 aliphatic rings.